The maximum absolute atomic E-state index is 5.43. The largest absolute Gasteiger partial charge is 0.313 e. The fourth-order valence-electron chi connectivity index (χ4n) is 2.26. The number of rotatable bonds is 7. The predicted octanol–water partition coefficient (Wildman–Crippen LogP) is 2.36. The highest BCUT2D eigenvalue weighted by molar-refractivity contribution is 5.24. The van der Waals surface area contributed by atoms with E-state index in [9.17, 15) is 0 Å². The first-order chi connectivity index (χ1) is 8.60. The molecule has 18 heavy (non-hydrogen) atoms. The number of hydrogen-bond acceptors (Lipinski definition) is 2. The van der Waals surface area contributed by atoms with Crippen molar-refractivity contribution in [3.8, 4) is 12.3 Å². The first kappa shape index (κ1) is 14.8. The normalized spacial score (nSPS) is 12.4. The Morgan fingerprint density at radius 2 is 2.17 bits per heavy atom. The molecule has 1 heterocycles. The predicted molar refractivity (Wildman–Crippen MR) is 76.5 cm³/mol. The van der Waals surface area contributed by atoms with Crippen LogP contribution in [0.2, 0.25) is 0 Å². The highest BCUT2D eigenvalue weighted by Gasteiger charge is 2.12. The molecule has 0 spiro atoms. The molecule has 3 heteroatoms. The molecule has 0 saturated carbocycles. The Balaban J connectivity index is 2.58. The van der Waals surface area contributed by atoms with E-state index in [1.807, 2.05) is 11.7 Å². The van der Waals surface area contributed by atoms with Crippen molar-refractivity contribution in [2.75, 3.05) is 6.54 Å². The number of hydrogen-bond donors (Lipinski definition) is 1. The summed E-state index contributed by atoms with van der Waals surface area (Å²) in [6.07, 6.45) is 9.51. The van der Waals surface area contributed by atoms with Gasteiger partial charge in [-0.15, -0.1) is 12.3 Å². The van der Waals surface area contributed by atoms with E-state index in [-0.39, 0.29) is 0 Å². The molecule has 1 aromatic heterocycles. The van der Waals surface area contributed by atoms with Crippen LogP contribution in [0.1, 0.15) is 43.1 Å². The molecule has 0 aliphatic carbocycles. The summed E-state index contributed by atoms with van der Waals surface area (Å²) in [5, 5.41) is 7.97. The quantitative estimate of drug-likeness (QED) is 0.750. The number of nitrogens with one attached hydrogen (secondary N) is 1. The zero-order valence-corrected chi connectivity index (χ0v) is 12.1. The molecule has 0 bridgehead atoms. The monoisotopic (exact) mass is 247 g/mol. The van der Waals surface area contributed by atoms with Crippen molar-refractivity contribution in [1.82, 2.24) is 15.1 Å². The van der Waals surface area contributed by atoms with Gasteiger partial charge in [0.1, 0.15) is 0 Å². The van der Waals surface area contributed by atoms with Gasteiger partial charge in [0, 0.05) is 25.2 Å². The van der Waals surface area contributed by atoms with Crippen molar-refractivity contribution >= 4 is 0 Å². The molecule has 1 atom stereocenters. The summed E-state index contributed by atoms with van der Waals surface area (Å²) in [7, 11) is 2.00. The highest BCUT2D eigenvalue weighted by Crippen LogP contribution is 2.15. The minimum atomic E-state index is 0.425. The molecule has 3 nitrogen and oxygen atoms in total. The van der Waals surface area contributed by atoms with E-state index in [2.05, 4.69) is 37.1 Å². The van der Waals surface area contributed by atoms with Crippen LogP contribution in [0, 0.1) is 26.2 Å². The van der Waals surface area contributed by atoms with Crippen LogP contribution in [0.15, 0.2) is 0 Å². The summed E-state index contributed by atoms with van der Waals surface area (Å²) in [6.45, 7) is 7.43. The molecule has 0 amide bonds. The van der Waals surface area contributed by atoms with Gasteiger partial charge in [-0.1, -0.05) is 6.92 Å². The van der Waals surface area contributed by atoms with Gasteiger partial charge in [0.05, 0.1) is 5.69 Å². The number of aryl methyl sites for hydroxylation is 2. The molecule has 0 aliphatic heterocycles. The Bertz CT molecular complexity index is 412. The fourth-order valence-corrected chi connectivity index (χ4v) is 2.26. The lowest BCUT2D eigenvalue weighted by Gasteiger charge is -2.16. The number of aromatic nitrogens is 2. The van der Waals surface area contributed by atoms with Crippen LogP contribution in [0.4, 0.5) is 0 Å². The second-order valence-electron chi connectivity index (χ2n) is 4.87. The Hall–Kier alpha value is -1.27. The van der Waals surface area contributed by atoms with Crippen molar-refractivity contribution in [2.45, 2.75) is 52.5 Å². The van der Waals surface area contributed by atoms with Gasteiger partial charge < -0.3 is 5.32 Å². The SMILES string of the molecule is C#CCC(CCc1c(C)nn(C)c1C)NCCC. The third-order valence-corrected chi connectivity index (χ3v) is 3.45. The first-order valence-corrected chi connectivity index (χ1v) is 6.76. The molecule has 1 rings (SSSR count). The lowest BCUT2D eigenvalue weighted by molar-refractivity contribution is 0.488. The smallest absolute Gasteiger partial charge is 0.0628 e. The molecule has 0 fully saturated rings. The lowest BCUT2D eigenvalue weighted by Crippen LogP contribution is -2.30. The molecule has 0 saturated heterocycles. The third-order valence-electron chi connectivity index (χ3n) is 3.45. The summed E-state index contributed by atoms with van der Waals surface area (Å²) >= 11 is 0. The average Bonchev–Trinajstić information content (AvgIpc) is 2.58. The Morgan fingerprint density at radius 1 is 1.44 bits per heavy atom. The summed E-state index contributed by atoms with van der Waals surface area (Å²) in [6, 6.07) is 0.425. The zero-order chi connectivity index (χ0) is 13.5. The van der Waals surface area contributed by atoms with E-state index in [0.29, 0.717) is 6.04 Å². The lowest BCUT2D eigenvalue weighted by atomic mass is 10.0. The second kappa shape index (κ2) is 7.23. The van der Waals surface area contributed by atoms with Gasteiger partial charge in [-0.05, 0) is 45.2 Å². The number of nitrogens with zero attached hydrogens (tertiary/aromatic N) is 2. The van der Waals surface area contributed by atoms with Crippen LogP contribution in [-0.2, 0) is 13.5 Å². The number of terminal acetylenes is 1. The zero-order valence-electron chi connectivity index (χ0n) is 12.1. The summed E-state index contributed by atoms with van der Waals surface area (Å²) in [4.78, 5) is 0. The third kappa shape index (κ3) is 3.89. The highest BCUT2D eigenvalue weighted by atomic mass is 15.3. The summed E-state index contributed by atoms with van der Waals surface area (Å²) < 4.78 is 1.96. The van der Waals surface area contributed by atoms with Crippen LogP contribution in [0.25, 0.3) is 0 Å². The van der Waals surface area contributed by atoms with Gasteiger partial charge in [-0.25, -0.2) is 0 Å². The fraction of sp³-hybridized carbons (Fsp3) is 0.667. The average molecular weight is 247 g/mol. The van der Waals surface area contributed by atoms with Gasteiger partial charge in [-0.2, -0.15) is 5.10 Å². The topological polar surface area (TPSA) is 29.9 Å². The van der Waals surface area contributed by atoms with E-state index < -0.39 is 0 Å². The van der Waals surface area contributed by atoms with Crippen LogP contribution >= 0.6 is 0 Å². The van der Waals surface area contributed by atoms with E-state index in [1.165, 1.54) is 11.3 Å². The van der Waals surface area contributed by atoms with E-state index in [0.717, 1.165) is 37.9 Å². The van der Waals surface area contributed by atoms with Crippen molar-refractivity contribution < 1.29 is 0 Å². The van der Waals surface area contributed by atoms with Crippen molar-refractivity contribution in [3.63, 3.8) is 0 Å². The van der Waals surface area contributed by atoms with Crippen LogP contribution in [0.5, 0.6) is 0 Å². The first-order valence-electron chi connectivity index (χ1n) is 6.76. The van der Waals surface area contributed by atoms with Crippen molar-refractivity contribution in [1.29, 1.82) is 0 Å². The van der Waals surface area contributed by atoms with Gasteiger partial charge >= 0.3 is 0 Å². The van der Waals surface area contributed by atoms with E-state index in [1.54, 1.807) is 0 Å². The van der Waals surface area contributed by atoms with Crippen LogP contribution < -0.4 is 5.32 Å². The molecular weight excluding hydrogens is 222 g/mol. The van der Waals surface area contributed by atoms with Gasteiger partial charge in [-0.3, -0.25) is 4.68 Å². The minimum absolute atomic E-state index is 0.425. The van der Waals surface area contributed by atoms with Gasteiger partial charge in [0.25, 0.3) is 0 Å². The molecular formula is C15H25N3. The molecule has 100 valence electrons. The van der Waals surface area contributed by atoms with Crippen molar-refractivity contribution in [2.24, 2.45) is 7.05 Å². The molecule has 1 unspecified atom stereocenters. The molecule has 1 N–H and O–H groups in total. The maximum Gasteiger partial charge on any atom is 0.0628 e. The van der Waals surface area contributed by atoms with Crippen LogP contribution in [-0.4, -0.2) is 22.4 Å². The Kier molecular flexibility index (Phi) is 5.94. The summed E-state index contributed by atoms with van der Waals surface area (Å²) in [5.74, 6) is 2.76. The second-order valence-corrected chi connectivity index (χ2v) is 4.87. The minimum Gasteiger partial charge on any atom is -0.313 e. The Labute approximate surface area is 111 Å². The molecule has 1 aromatic rings. The maximum atomic E-state index is 5.43. The summed E-state index contributed by atoms with van der Waals surface area (Å²) in [5.41, 5.74) is 3.78. The molecule has 0 radical (unpaired) electrons. The van der Waals surface area contributed by atoms with Crippen molar-refractivity contribution in [3.05, 3.63) is 17.0 Å². The van der Waals surface area contributed by atoms with E-state index in [4.69, 9.17) is 6.42 Å². The van der Waals surface area contributed by atoms with Gasteiger partial charge in [0.15, 0.2) is 0 Å². The van der Waals surface area contributed by atoms with Crippen LogP contribution in [0.3, 0.4) is 0 Å². The Morgan fingerprint density at radius 3 is 2.67 bits per heavy atom. The van der Waals surface area contributed by atoms with E-state index >= 15 is 0 Å². The van der Waals surface area contributed by atoms with Gasteiger partial charge in [0.2, 0.25) is 0 Å². The molecule has 0 aliphatic rings. The molecule has 0 aromatic carbocycles. The standard InChI is InChI=1S/C15H25N3/c1-6-8-14(16-11-7-2)9-10-15-12(3)17-18(5)13(15)4/h1,14,16H,7-11H2,2-5H3.